The summed E-state index contributed by atoms with van der Waals surface area (Å²) in [6, 6.07) is 4.73. The van der Waals surface area contributed by atoms with Crippen LogP contribution in [0.15, 0.2) is 28.9 Å². The molecule has 17 heavy (non-hydrogen) atoms. The molecule has 0 unspecified atom stereocenters. The van der Waals surface area contributed by atoms with Crippen molar-refractivity contribution in [3.05, 3.63) is 30.0 Å². The summed E-state index contributed by atoms with van der Waals surface area (Å²) in [5.74, 6) is -0.0951. The van der Waals surface area contributed by atoms with Gasteiger partial charge in [-0.3, -0.25) is 9.52 Å². The Kier molecular flexibility index (Phi) is 2.66. The van der Waals surface area contributed by atoms with Crippen molar-refractivity contribution in [3.63, 3.8) is 0 Å². The number of fused-ring (bicyclic) bond motifs is 1. The maximum Gasteiger partial charge on any atom is 0.229 e. The maximum atomic E-state index is 11.4. The number of hydrogen-bond donors (Lipinski definition) is 1. The van der Waals surface area contributed by atoms with E-state index in [1.54, 1.807) is 12.1 Å². The van der Waals surface area contributed by atoms with Crippen LogP contribution in [0.2, 0.25) is 0 Å². The van der Waals surface area contributed by atoms with Crippen molar-refractivity contribution >= 4 is 32.5 Å². The van der Waals surface area contributed by atoms with Crippen molar-refractivity contribution in [3.8, 4) is 0 Å². The Morgan fingerprint density at radius 2 is 2.00 bits per heavy atom. The maximum absolute atomic E-state index is 11.4. The third-order valence-corrected chi connectivity index (χ3v) is 2.88. The fourth-order valence-electron chi connectivity index (χ4n) is 1.65. The minimum Gasteiger partial charge on any atom is -0.462 e. The number of nitrogens with one attached hydrogen (secondary N) is 1. The van der Waals surface area contributed by atoms with Crippen molar-refractivity contribution in [2.24, 2.45) is 0 Å². The van der Waals surface area contributed by atoms with E-state index in [0.29, 0.717) is 22.2 Å². The SMILES string of the molecule is CC(=O)c1ccc(NS(C)(=O)=O)c2occc12. The molecule has 1 heterocycles. The first-order chi connectivity index (χ1) is 7.88. The Balaban J connectivity index is 2.65. The number of furan rings is 1. The van der Waals surface area contributed by atoms with E-state index < -0.39 is 10.0 Å². The second-order valence-electron chi connectivity index (χ2n) is 3.75. The lowest BCUT2D eigenvalue weighted by atomic mass is 10.1. The molecule has 0 fully saturated rings. The molecule has 1 aromatic carbocycles. The highest BCUT2D eigenvalue weighted by atomic mass is 32.2. The van der Waals surface area contributed by atoms with Crippen LogP contribution in [0.5, 0.6) is 0 Å². The summed E-state index contributed by atoms with van der Waals surface area (Å²) in [4.78, 5) is 11.4. The molecule has 5 nitrogen and oxygen atoms in total. The third kappa shape index (κ3) is 2.31. The highest BCUT2D eigenvalue weighted by molar-refractivity contribution is 7.92. The van der Waals surface area contributed by atoms with E-state index in [9.17, 15) is 13.2 Å². The van der Waals surface area contributed by atoms with Gasteiger partial charge in [0.05, 0.1) is 18.2 Å². The number of carbonyl (C=O) groups excluding carboxylic acids is 1. The summed E-state index contributed by atoms with van der Waals surface area (Å²) >= 11 is 0. The molecule has 1 aromatic heterocycles. The summed E-state index contributed by atoms with van der Waals surface area (Å²) in [6.45, 7) is 1.45. The molecular formula is C11H11NO4S. The van der Waals surface area contributed by atoms with Crippen molar-refractivity contribution in [2.45, 2.75) is 6.92 Å². The number of rotatable bonds is 3. The van der Waals surface area contributed by atoms with E-state index in [-0.39, 0.29) is 5.78 Å². The van der Waals surface area contributed by atoms with Crippen molar-refractivity contribution in [2.75, 3.05) is 11.0 Å². The van der Waals surface area contributed by atoms with Crippen LogP contribution in [0.3, 0.4) is 0 Å². The second-order valence-corrected chi connectivity index (χ2v) is 5.50. The van der Waals surface area contributed by atoms with E-state index in [1.807, 2.05) is 0 Å². The number of hydrogen-bond acceptors (Lipinski definition) is 4. The van der Waals surface area contributed by atoms with Gasteiger partial charge in [-0.2, -0.15) is 0 Å². The largest absolute Gasteiger partial charge is 0.462 e. The zero-order chi connectivity index (χ0) is 12.6. The Morgan fingerprint density at radius 3 is 2.59 bits per heavy atom. The lowest BCUT2D eigenvalue weighted by Gasteiger charge is -2.06. The molecule has 0 atom stereocenters. The molecule has 0 amide bonds. The van der Waals surface area contributed by atoms with Gasteiger partial charge in [-0.1, -0.05) is 0 Å². The standard InChI is InChI=1S/C11H11NO4S/c1-7(13)8-3-4-10(12-17(2,14)15)11-9(8)5-6-16-11/h3-6,12H,1-2H3. The lowest BCUT2D eigenvalue weighted by Crippen LogP contribution is -2.10. The van der Waals surface area contributed by atoms with Crippen LogP contribution in [-0.4, -0.2) is 20.5 Å². The summed E-state index contributed by atoms with van der Waals surface area (Å²) in [5, 5.41) is 0.603. The molecule has 0 bridgehead atoms. The van der Waals surface area contributed by atoms with Crippen molar-refractivity contribution < 1.29 is 17.6 Å². The van der Waals surface area contributed by atoms with Gasteiger partial charge in [-0.05, 0) is 25.1 Å². The molecule has 0 saturated carbocycles. The fourth-order valence-corrected chi connectivity index (χ4v) is 2.21. The second kappa shape index (κ2) is 3.89. The Hall–Kier alpha value is -1.82. The summed E-state index contributed by atoms with van der Waals surface area (Å²) < 4.78 is 29.9. The first kappa shape index (κ1) is 11.7. The van der Waals surface area contributed by atoms with Crippen molar-refractivity contribution in [1.29, 1.82) is 0 Å². The van der Waals surface area contributed by atoms with Crippen LogP contribution in [0.1, 0.15) is 17.3 Å². The van der Waals surface area contributed by atoms with Gasteiger partial charge in [-0.25, -0.2) is 8.42 Å². The van der Waals surface area contributed by atoms with Crippen LogP contribution < -0.4 is 4.72 Å². The quantitative estimate of drug-likeness (QED) is 0.849. The van der Waals surface area contributed by atoms with Crippen LogP contribution in [0.25, 0.3) is 11.0 Å². The zero-order valence-electron chi connectivity index (χ0n) is 9.35. The number of Topliss-reactive ketones (excluding diaryl/α,β-unsaturated/α-hetero) is 1. The van der Waals surface area contributed by atoms with Gasteiger partial charge in [0, 0.05) is 10.9 Å². The number of ketones is 1. The van der Waals surface area contributed by atoms with Gasteiger partial charge in [-0.15, -0.1) is 0 Å². The average molecular weight is 253 g/mol. The van der Waals surface area contributed by atoms with Gasteiger partial charge < -0.3 is 4.42 Å². The average Bonchev–Trinajstić information content (AvgIpc) is 2.63. The molecule has 2 aromatic rings. The Morgan fingerprint density at radius 1 is 1.29 bits per heavy atom. The van der Waals surface area contributed by atoms with Crippen LogP contribution in [0, 0.1) is 0 Å². The molecule has 1 N–H and O–H groups in total. The summed E-state index contributed by atoms with van der Waals surface area (Å²) in [6.07, 6.45) is 2.48. The van der Waals surface area contributed by atoms with Gasteiger partial charge >= 0.3 is 0 Å². The van der Waals surface area contributed by atoms with Crippen LogP contribution in [0.4, 0.5) is 5.69 Å². The number of carbonyl (C=O) groups is 1. The third-order valence-electron chi connectivity index (χ3n) is 2.29. The van der Waals surface area contributed by atoms with E-state index in [2.05, 4.69) is 4.72 Å². The monoisotopic (exact) mass is 253 g/mol. The van der Waals surface area contributed by atoms with Crippen molar-refractivity contribution in [1.82, 2.24) is 0 Å². The van der Waals surface area contributed by atoms with Gasteiger partial charge in [0.1, 0.15) is 0 Å². The summed E-state index contributed by atoms with van der Waals surface area (Å²) in [7, 11) is -3.37. The van der Waals surface area contributed by atoms with E-state index in [4.69, 9.17) is 4.42 Å². The predicted molar refractivity (Wildman–Crippen MR) is 64.7 cm³/mol. The Labute approximate surface area is 98.5 Å². The van der Waals surface area contributed by atoms with E-state index >= 15 is 0 Å². The molecule has 90 valence electrons. The van der Waals surface area contributed by atoms with Crippen LogP contribution >= 0.6 is 0 Å². The van der Waals surface area contributed by atoms with E-state index in [1.165, 1.54) is 19.3 Å². The smallest absolute Gasteiger partial charge is 0.229 e. The number of benzene rings is 1. The van der Waals surface area contributed by atoms with Gasteiger partial charge in [0.25, 0.3) is 0 Å². The Bertz CT molecular complexity index is 685. The predicted octanol–water partition coefficient (Wildman–Crippen LogP) is 2.01. The highest BCUT2D eigenvalue weighted by Crippen LogP contribution is 2.28. The first-order valence-electron chi connectivity index (χ1n) is 4.87. The fraction of sp³-hybridized carbons (Fsp3) is 0.182. The minimum absolute atomic E-state index is 0.0951. The molecule has 2 rings (SSSR count). The molecule has 0 radical (unpaired) electrons. The number of anilines is 1. The topological polar surface area (TPSA) is 76.4 Å². The van der Waals surface area contributed by atoms with Gasteiger partial charge in [0.15, 0.2) is 11.4 Å². The number of sulfonamides is 1. The summed E-state index contributed by atoms with van der Waals surface area (Å²) in [5.41, 5.74) is 1.20. The zero-order valence-corrected chi connectivity index (χ0v) is 10.2. The van der Waals surface area contributed by atoms with E-state index in [0.717, 1.165) is 6.26 Å². The molecule has 0 saturated heterocycles. The minimum atomic E-state index is -3.37. The molecular weight excluding hydrogens is 242 g/mol. The normalized spacial score (nSPS) is 11.6. The molecule has 0 aliphatic carbocycles. The molecule has 0 spiro atoms. The first-order valence-corrected chi connectivity index (χ1v) is 6.76. The van der Waals surface area contributed by atoms with Crippen LogP contribution in [-0.2, 0) is 10.0 Å². The molecule has 6 heteroatoms. The molecule has 0 aliphatic heterocycles. The molecule has 0 aliphatic rings. The lowest BCUT2D eigenvalue weighted by molar-refractivity contribution is 0.101. The van der Waals surface area contributed by atoms with Gasteiger partial charge in [0.2, 0.25) is 10.0 Å². The highest BCUT2D eigenvalue weighted by Gasteiger charge is 2.13.